The molecule has 0 aliphatic heterocycles. The standard InChI is InChI=1S/C63H43N/c1-3-22-50(23-4-1)63(51-24-5-2-6-25-51)59-32-12-11-29-58(59)62-57(31-16-33-60(62)63)49-21-13-26-53(43-49)64(61-34-15-20-47-18-8-10-28-56(47)61)52-41-39-45(40-42-52)44-35-37-48(38-36-44)55-30-14-19-46-17-7-9-27-54(46)55/h1-43H. The van der Waals surface area contributed by atoms with Crippen LogP contribution in [0.4, 0.5) is 17.1 Å². The Morgan fingerprint density at radius 1 is 0.281 bits per heavy atom. The molecule has 0 spiro atoms. The van der Waals surface area contributed by atoms with Crippen LogP contribution in [0.2, 0.25) is 0 Å². The number of anilines is 3. The Balaban J connectivity index is 0.982. The number of fused-ring (bicyclic) bond motifs is 5. The van der Waals surface area contributed by atoms with E-state index in [1.165, 1.54) is 88.3 Å². The van der Waals surface area contributed by atoms with Gasteiger partial charge in [-0.3, -0.25) is 0 Å². The first kappa shape index (κ1) is 37.5. The Morgan fingerprint density at radius 3 is 1.52 bits per heavy atom. The highest BCUT2D eigenvalue weighted by Crippen LogP contribution is 2.58. The number of hydrogen-bond donors (Lipinski definition) is 0. The zero-order valence-electron chi connectivity index (χ0n) is 35.3. The molecule has 1 aliphatic rings. The van der Waals surface area contributed by atoms with Crippen LogP contribution >= 0.6 is 0 Å². The lowest BCUT2D eigenvalue weighted by Crippen LogP contribution is -2.28. The molecular formula is C63H43N. The van der Waals surface area contributed by atoms with Crippen molar-refractivity contribution in [1.82, 2.24) is 0 Å². The van der Waals surface area contributed by atoms with Crippen LogP contribution in [0.15, 0.2) is 261 Å². The molecule has 64 heavy (non-hydrogen) atoms. The minimum atomic E-state index is -0.463. The molecule has 0 bridgehead atoms. The Labute approximate surface area is 374 Å². The Morgan fingerprint density at radius 2 is 0.781 bits per heavy atom. The summed E-state index contributed by atoms with van der Waals surface area (Å²) in [7, 11) is 0. The highest BCUT2D eigenvalue weighted by molar-refractivity contribution is 6.01. The van der Waals surface area contributed by atoms with Crippen molar-refractivity contribution in [3.8, 4) is 44.5 Å². The average molecular weight is 814 g/mol. The van der Waals surface area contributed by atoms with Gasteiger partial charge < -0.3 is 4.90 Å². The minimum Gasteiger partial charge on any atom is -0.310 e. The topological polar surface area (TPSA) is 3.24 Å². The fraction of sp³-hybridized carbons (Fsp3) is 0.0159. The molecular weight excluding hydrogens is 771 g/mol. The third kappa shape index (κ3) is 6.08. The predicted octanol–water partition coefficient (Wildman–Crippen LogP) is 16.8. The minimum absolute atomic E-state index is 0.463. The first-order chi connectivity index (χ1) is 31.8. The third-order valence-corrected chi connectivity index (χ3v) is 13.3. The number of benzene rings is 11. The summed E-state index contributed by atoms with van der Waals surface area (Å²) < 4.78 is 0. The van der Waals surface area contributed by atoms with Gasteiger partial charge in [0.25, 0.3) is 0 Å². The van der Waals surface area contributed by atoms with Crippen LogP contribution in [0.1, 0.15) is 22.3 Å². The van der Waals surface area contributed by atoms with E-state index in [1.807, 2.05) is 0 Å². The molecule has 300 valence electrons. The second-order valence-electron chi connectivity index (χ2n) is 16.8. The maximum absolute atomic E-state index is 2.43. The second kappa shape index (κ2) is 15.6. The van der Waals surface area contributed by atoms with Crippen molar-refractivity contribution in [3.63, 3.8) is 0 Å². The molecule has 0 N–H and O–H groups in total. The van der Waals surface area contributed by atoms with E-state index in [0.717, 1.165) is 17.1 Å². The van der Waals surface area contributed by atoms with E-state index in [-0.39, 0.29) is 0 Å². The van der Waals surface area contributed by atoms with Gasteiger partial charge in [-0.05, 0) is 113 Å². The highest BCUT2D eigenvalue weighted by Gasteiger charge is 2.46. The van der Waals surface area contributed by atoms with Gasteiger partial charge in [-0.15, -0.1) is 0 Å². The third-order valence-electron chi connectivity index (χ3n) is 13.3. The smallest absolute Gasteiger partial charge is 0.0713 e. The van der Waals surface area contributed by atoms with E-state index in [9.17, 15) is 0 Å². The molecule has 0 saturated heterocycles. The summed E-state index contributed by atoms with van der Waals surface area (Å²) in [5, 5.41) is 4.94. The fourth-order valence-corrected chi connectivity index (χ4v) is 10.5. The lowest BCUT2D eigenvalue weighted by atomic mass is 9.67. The van der Waals surface area contributed by atoms with E-state index < -0.39 is 5.41 Å². The second-order valence-corrected chi connectivity index (χ2v) is 16.8. The van der Waals surface area contributed by atoms with Crippen LogP contribution in [0, 0.1) is 0 Å². The van der Waals surface area contributed by atoms with Crippen LogP contribution in [-0.4, -0.2) is 0 Å². The Kier molecular flexibility index (Phi) is 9.13. The molecule has 0 aromatic heterocycles. The quantitative estimate of drug-likeness (QED) is 0.148. The van der Waals surface area contributed by atoms with Gasteiger partial charge >= 0.3 is 0 Å². The van der Waals surface area contributed by atoms with Gasteiger partial charge in [0.1, 0.15) is 0 Å². The highest BCUT2D eigenvalue weighted by atomic mass is 15.1. The molecule has 1 nitrogen and oxygen atoms in total. The average Bonchev–Trinajstić information content (AvgIpc) is 3.68. The largest absolute Gasteiger partial charge is 0.310 e. The molecule has 12 rings (SSSR count). The zero-order chi connectivity index (χ0) is 42.5. The number of nitrogens with zero attached hydrogens (tertiary/aromatic N) is 1. The van der Waals surface area contributed by atoms with Gasteiger partial charge in [0.15, 0.2) is 0 Å². The summed E-state index contributed by atoms with van der Waals surface area (Å²) in [5.41, 5.74) is 17.8. The van der Waals surface area contributed by atoms with Crippen molar-refractivity contribution >= 4 is 38.6 Å². The SMILES string of the molecule is c1ccc(C2(c3ccccc3)c3ccccc3-c3c(-c4cccc(N(c5ccc(-c6ccc(-c7cccc8ccccc78)cc6)cc5)c5cccc6ccccc56)c4)cccc32)cc1. The lowest BCUT2D eigenvalue weighted by Gasteiger charge is -2.34. The van der Waals surface area contributed by atoms with Crippen molar-refractivity contribution in [1.29, 1.82) is 0 Å². The van der Waals surface area contributed by atoms with Gasteiger partial charge in [-0.1, -0.05) is 231 Å². The van der Waals surface area contributed by atoms with Gasteiger partial charge in [0.2, 0.25) is 0 Å². The van der Waals surface area contributed by atoms with Crippen molar-refractivity contribution < 1.29 is 0 Å². The van der Waals surface area contributed by atoms with E-state index in [0.29, 0.717) is 0 Å². The van der Waals surface area contributed by atoms with Crippen molar-refractivity contribution in [2.45, 2.75) is 5.41 Å². The maximum Gasteiger partial charge on any atom is 0.0713 e. The summed E-state index contributed by atoms with van der Waals surface area (Å²) in [5.74, 6) is 0. The Bertz CT molecular complexity index is 3430. The van der Waals surface area contributed by atoms with Crippen molar-refractivity contribution in [2.75, 3.05) is 4.90 Å². The van der Waals surface area contributed by atoms with Crippen LogP contribution in [0.5, 0.6) is 0 Å². The molecule has 0 heterocycles. The molecule has 0 saturated carbocycles. The molecule has 0 unspecified atom stereocenters. The summed E-state index contributed by atoms with van der Waals surface area (Å²) in [6.45, 7) is 0. The normalized spacial score (nSPS) is 12.5. The molecule has 1 heteroatoms. The molecule has 0 fully saturated rings. The molecule has 0 radical (unpaired) electrons. The van der Waals surface area contributed by atoms with Crippen molar-refractivity contribution in [2.24, 2.45) is 0 Å². The van der Waals surface area contributed by atoms with E-state index in [4.69, 9.17) is 0 Å². The van der Waals surface area contributed by atoms with E-state index in [2.05, 4.69) is 266 Å². The molecule has 0 atom stereocenters. The van der Waals surface area contributed by atoms with E-state index in [1.54, 1.807) is 0 Å². The molecule has 0 amide bonds. The van der Waals surface area contributed by atoms with Crippen LogP contribution in [-0.2, 0) is 5.41 Å². The molecule has 11 aromatic carbocycles. The predicted molar refractivity (Wildman–Crippen MR) is 270 cm³/mol. The van der Waals surface area contributed by atoms with Crippen LogP contribution in [0.3, 0.4) is 0 Å². The summed E-state index contributed by atoms with van der Waals surface area (Å²) in [4.78, 5) is 2.43. The van der Waals surface area contributed by atoms with Crippen molar-refractivity contribution in [3.05, 3.63) is 283 Å². The fourth-order valence-electron chi connectivity index (χ4n) is 10.5. The molecule has 11 aromatic rings. The summed E-state index contributed by atoms with van der Waals surface area (Å²) >= 11 is 0. The van der Waals surface area contributed by atoms with Gasteiger partial charge in [0, 0.05) is 16.8 Å². The first-order valence-corrected chi connectivity index (χ1v) is 22.2. The van der Waals surface area contributed by atoms with Gasteiger partial charge in [-0.25, -0.2) is 0 Å². The molecule has 1 aliphatic carbocycles. The number of hydrogen-bond acceptors (Lipinski definition) is 1. The zero-order valence-corrected chi connectivity index (χ0v) is 35.3. The Hall–Kier alpha value is -8.26. The van der Waals surface area contributed by atoms with Gasteiger partial charge in [-0.2, -0.15) is 0 Å². The van der Waals surface area contributed by atoms with Gasteiger partial charge in [0.05, 0.1) is 11.1 Å². The first-order valence-electron chi connectivity index (χ1n) is 22.2. The van der Waals surface area contributed by atoms with Crippen LogP contribution in [0.25, 0.3) is 66.1 Å². The van der Waals surface area contributed by atoms with E-state index >= 15 is 0 Å². The lowest BCUT2D eigenvalue weighted by molar-refractivity contribution is 0.768. The summed E-state index contributed by atoms with van der Waals surface area (Å²) in [6, 6.07) is 95.7. The monoisotopic (exact) mass is 813 g/mol. The summed E-state index contributed by atoms with van der Waals surface area (Å²) in [6.07, 6.45) is 0. The van der Waals surface area contributed by atoms with Crippen LogP contribution < -0.4 is 4.90 Å². The number of rotatable bonds is 8. The maximum atomic E-state index is 2.43.